The van der Waals surface area contributed by atoms with Gasteiger partial charge in [-0.25, -0.2) is 9.37 Å². The number of hydrogen-bond donors (Lipinski definition) is 0. The number of halogens is 1. The Bertz CT molecular complexity index is 841. The molecule has 0 unspecified atom stereocenters. The highest BCUT2D eigenvalue weighted by Crippen LogP contribution is 2.35. The molecule has 2 heterocycles. The van der Waals surface area contributed by atoms with Gasteiger partial charge in [-0.2, -0.15) is 9.50 Å². The van der Waals surface area contributed by atoms with E-state index in [-0.39, 0.29) is 5.82 Å². The molecule has 0 amide bonds. The van der Waals surface area contributed by atoms with Gasteiger partial charge in [0.05, 0.1) is 12.8 Å². The van der Waals surface area contributed by atoms with E-state index >= 15 is 0 Å². The van der Waals surface area contributed by atoms with Crippen LogP contribution in [-0.4, -0.2) is 26.7 Å². The number of ether oxygens (including phenoxy) is 1. The first-order valence-electron chi connectivity index (χ1n) is 7.32. The molecule has 5 nitrogen and oxygen atoms in total. The van der Waals surface area contributed by atoms with Crippen molar-refractivity contribution in [3.63, 3.8) is 0 Å². The van der Waals surface area contributed by atoms with E-state index in [1.54, 1.807) is 28.9 Å². The Hall–Kier alpha value is -2.50. The van der Waals surface area contributed by atoms with E-state index in [0.717, 1.165) is 18.7 Å². The van der Waals surface area contributed by atoms with Crippen LogP contribution in [0.3, 0.4) is 0 Å². The van der Waals surface area contributed by atoms with Gasteiger partial charge in [-0.15, -0.1) is 5.10 Å². The minimum atomic E-state index is -0.354. The van der Waals surface area contributed by atoms with Crippen LogP contribution in [0.4, 0.5) is 4.39 Å². The number of methoxy groups -OCH3 is 1. The number of fused-ring (bicyclic) bond motifs is 1. The molecule has 22 heavy (non-hydrogen) atoms. The molecule has 1 aromatic carbocycles. The first-order valence-corrected chi connectivity index (χ1v) is 7.32. The molecule has 1 saturated carbocycles. The summed E-state index contributed by atoms with van der Waals surface area (Å²) in [7, 11) is 1.52. The standard InChI is InChI=1S/C16H15FN4O/c1-22-11-5-6-12(13(17)9-11)14-7-8-18-16-19-15(20-21(14)16)10-3-2-4-10/h5-10H,2-4H2,1H3. The Kier molecular flexibility index (Phi) is 3.03. The van der Waals surface area contributed by atoms with Crippen LogP contribution < -0.4 is 4.74 Å². The molecule has 1 aliphatic carbocycles. The first kappa shape index (κ1) is 13.2. The molecule has 0 radical (unpaired) electrons. The van der Waals surface area contributed by atoms with Gasteiger partial charge in [0, 0.05) is 23.7 Å². The highest BCUT2D eigenvalue weighted by molar-refractivity contribution is 5.63. The molecule has 1 fully saturated rings. The van der Waals surface area contributed by atoms with Crippen molar-refractivity contribution in [2.24, 2.45) is 0 Å². The van der Waals surface area contributed by atoms with E-state index in [1.807, 2.05) is 0 Å². The summed E-state index contributed by atoms with van der Waals surface area (Å²) in [5, 5.41) is 4.54. The van der Waals surface area contributed by atoms with Crippen LogP contribution in [0, 0.1) is 5.82 Å². The zero-order valence-electron chi connectivity index (χ0n) is 12.2. The minimum Gasteiger partial charge on any atom is -0.497 e. The zero-order valence-corrected chi connectivity index (χ0v) is 12.2. The lowest BCUT2D eigenvalue weighted by molar-refractivity contribution is 0.402. The molecule has 0 spiro atoms. The van der Waals surface area contributed by atoms with Crippen LogP contribution in [0.1, 0.15) is 31.0 Å². The molecule has 0 saturated heterocycles. The van der Waals surface area contributed by atoms with Crippen molar-refractivity contribution >= 4 is 5.78 Å². The minimum absolute atomic E-state index is 0.354. The van der Waals surface area contributed by atoms with Crippen LogP contribution in [0.25, 0.3) is 17.0 Å². The predicted octanol–water partition coefficient (Wildman–Crippen LogP) is 3.21. The van der Waals surface area contributed by atoms with Crippen molar-refractivity contribution in [2.45, 2.75) is 25.2 Å². The van der Waals surface area contributed by atoms with Crippen molar-refractivity contribution in [3.8, 4) is 17.0 Å². The summed E-state index contributed by atoms with van der Waals surface area (Å²) in [6, 6.07) is 6.53. The van der Waals surface area contributed by atoms with Crippen molar-refractivity contribution in [1.29, 1.82) is 0 Å². The molecule has 3 aromatic rings. The van der Waals surface area contributed by atoms with Crippen LogP contribution in [0.2, 0.25) is 0 Å². The van der Waals surface area contributed by atoms with Crippen molar-refractivity contribution in [3.05, 3.63) is 42.1 Å². The van der Waals surface area contributed by atoms with Crippen LogP contribution in [0.15, 0.2) is 30.5 Å². The van der Waals surface area contributed by atoms with E-state index in [0.29, 0.717) is 28.7 Å². The van der Waals surface area contributed by atoms with Crippen molar-refractivity contribution in [1.82, 2.24) is 19.6 Å². The number of benzene rings is 1. The monoisotopic (exact) mass is 298 g/mol. The lowest BCUT2D eigenvalue weighted by Crippen LogP contribution is -2.10. The van der Waals surface area contributed by atoms with Gasteiger partial charge >= 0.3 is 0 Å². The Morgan fingerprint density at radius 3 is 2.82 bits per heavy atom. The Morgan fingerprint density at radius 2 is 2.14 bits per heavy atom. The zero-order chi connectivity index (χ0) is 15.1. The summed E-state index contributed by atoms with van der Waals surface area (Å²) in [5.41, 5.74) is 1.10. The summed E-state index contributed by atoms with van der Waals surface area (Å²) in [4.78, 5) is 8.71. The Morgan fingerprint density at radius 1 is 1.27 bits per heavy atom. The van der Waals surface area contributed by atoms with Gasteiger partial charge in [-0.3, -0.25) is 0 Å². The highest BCUT2D eigenvalue weighted by atomic mass is 19.1. The van der Waals surface area contributed by atoms with E-state index in [4.69, 9.17) is 4.74 Å². The number of aromatic nitrogens is 4. The third kappa shape index (κ3) is 2.03. The lowest BCUT2D eigenvalue weighted by atomic mass is 9.85. The van der Waals surface area contributed by atoms with E-state index < -0.39 is 0 Å². The fourth-order valence-corrected chi connectivity index (χ4v) is 2.68. The maximum atomic E-state index is 14.3. The van der Waals surface area contributed by atoms with Gasteiger partial charge in [-0.1, -0.05) is 6.42 Å². The number of nitrogens with zero attached hydrogens (tertiary/aromatic N) is 4. The van der Waals surface area contributed by atoms with Crippen LogP contribution in [0.5, 0.6) is 5.75 Å². The highest BCUT2D eigenvalue weighted by Gasteiger charge is 2.24. The van der Waals surface area contributed by atoms with E-state index in [1.165, 1.54) is 19.6 Å². The van der Waals surface area contributed by atoms with Gasteiger partial charge in [0.15, 0.2) is 5.82 Å². The van der Waals surface area contributed by atoms with E-state index in [2.05, 4.69) is 15.1 Å². The third-order valence-corrected chi connectivity index (χ3v) is 4.18. The van der Waals surface area contributed by atoms with Crippen molar-refractivity contribution in [2.75, 3.05) is 7.11 Å². The van der Waals surface area contributed by atoms with Crippen LogP contribution in [-0.2, 0) is 0 Å². The second-order valence-corrected chi connectivity index (χ2v) is 5.49. The molecule has 112 valence electrons. The molecule has 0 aliphatic heterocycles. The molecule has 1 aliphatic rings. The quantitative estimate of drug-likeness (QED) is 0.745. The topological polar surface area (TPSA) is 52.3 Å². The Balaban J connectivity index is 1.85. The molecule has 4 rings (SSSR count). The molecule has 0 bridgehead atoms. The first-order chi connectivity index (χ1) is 10.8. The Labute approximate surface area is 126 Å². The third-order valence-electron chi connectivity index (χ3n) is 4.18. The normalized spacial score (nSPS) is 15.0. The maximum Gasteiger partial charge on any atom is 0.252 e. The van der Waals surface area contributed by atoms with Crippen molar-refractivity contribution < 1.29 is 9.13 Å². The summed E-state index contributed by atoms with van der Waals surface area (Å²) in [5.74, 6) is 1.86. The van der Waals surface area contributed by atoms with Crippen LogP contribution >= 0.6 is 0 Å². The van der Waals surface area contributed by atoms with Gasteiger partial charge < -0.3 is 4.74 Å². The number of rotatable bonds is 3. The van der Waals surface area contributed by atoms with Gasteiger partial charge in [0.25, 0.3) is 5.78 Å². The van der Waals surface area contributed by atoms with Gasteiger partial charge in [0.2, 0.25) is 0 Å². The largest absolute Gasteiger partial charge is 0.497 e. The maximum absolute atomic E-state index is 14.3. The van der Waals surface area contributed by atoms with Gasteiger partial charge in [0.1, 0.15) is 11.6 Å². The molecule has 6 heteroatoms. The predicted molar refractivity (Wildman–Crippen MR) is 79.3 cm³/mol. The average molecular weight is 298 g/mol. The molecular formula is C16H15FN4O. The van der Waals surface area contributed by atoms with E-state index in [9.17, 15) is 4.39 Å². The summed E-state index contributed by atoms with van der Waals surface area (Å²) in [6.45, 7) is 0. The lowest BCUT2D eigenvalue weighted by Gasteiger charge is -2.21. The second kappa shape index (κ2) is 5.05. The summed E-state index contributed by atoms with van der Waals surface area (Å²) >= 11 is 0. The molecule has 0 atom stereocenters. The second-order valence-electron chi connectivity index (χ2n) is 5.49. The number of hydrogen-bond acceptors (Lipinski definition) is 4. The summed E-state index contributed by atoms with van der Waals surface area (Å²) in [6.07, 6.45) is 5.08. The summed E-state index contributed by atoms with van der Waals surface area (Å²) < 4.78 is 21.0. The molecule has 2 aromatic heterocycles. The average Bonchev–Trinajstić information content (AvgIpc) is 2.88. The van der Waals surface area contributed by atoms with Gasteiger partial charge in [-0.05, 0) is 31.0 Å². The smallest absolute Gasteiger partial charge is 0.252 e. The molecular weight excluding hydrogens is 283 g/mol. The fraction of sp³-hybridized carbons (Fsp3) is 0.312. The fourth-order valence-electron chi connectivity index (χ4n) is 2.68. The molecule has 0 N–H and O–H groups in total. The SMILES string of the molecule is COc1ccc(-c2ccnc3nc(C4CCC4)nn23)c(F)c1.